The van der Waals surface area contributed by atoms with Crippen LogP contribution in [0.3, 0.4) is 0 Å². The molecule has 1 amide bonds. The summed E-state index contributed by atoms with van der Waals surface area (Å²) in [6, 6.07) is 12.7. The Morgan fingerprint density at radius 1 is 1.08 bits per heavy atom. The van der Waals surface area contributed by atoms with Gasteiger partial charge in [0.1, 0.15) is 0 Å². The van der Waals surface area contributed by atoms with Gasteiger partial charge in [0.05, 0.1) is 11.9 Å². The summed E-state index contributed by atoms with van der Waals surface area (Å²) in [7, 11) is -1.84. The van der Waals surface area contributed by atoms with Crippen LogP contribution in [0, 0.1) is 6.92 Å². The lowest BCUT2D eigenvalue weighted by Gasteiger charge is -2.19. The van der Waals surface area contributed by atoms with Gasteiger partial charge in [0.15, 0.2) is 0 Å². The number of hydrogen-bond donors (Lipinski definition) is 1. The molecule has 0 aliphatic carbocycles. The summed E-state index contributed by atoms with van der Waals surface area (Å²) in [5.41, 5.74) is 3.69. The lowest BCUT2D eigenvalue weighted by molar-refractivity contribution is 0.102. The molecule has 0 atom stereocenters. The normalized spacial score (nSPS) is 11.4. The Morgan fingerprint density at radius 3 is 2.16 bits per heavy atom. The fourth-order valence-electron chi connectivity index (χ4n) is 2.48. The van der Waals surface area contributed by atoms with Gasteiger partial charge >= 0.3 is 0 Å². The number of anilines is 2. The van der Waals surface area contributed by atoms with E-state index in [-0.39, 0.29) is 5.91 Å². The van der Waals surface area contributed by atoms with Crippen LogP contribution in [-0.2, 0) is 10.0 Å². The number of nitrogens with one attached hydrogen (secondary N) is 1. The highest BCUT2D eigenvalue weighted by molar-refractivity contribution is 7.92. The molecule has 2 aromatic carbocycles. The van der Waals surface area contributed by atoms with Crippen molar-refractivity contribution < 1.29 is 13.2 Å². The van der Waals surface area contributed by atoms with Gasteiger partial charge < -0.3 is 5.32 Å². The first-order chi connectivity index (χ1) is 11.6. The zero-order valence-electron chi connectivity index (χ0n) is 15.2. The molecular formula is C19H24N2O3S. The molecule has 0 bridgehead atoms. The minimum absolute atomic E-state index is 0.228. The number of sulfonamides is 1. The molecule has 0 unspecified atom stereocenters. The van der Waals surface area contributed by atoms with Gasteiger partial charge in [-0.15, -0.1) is 0 Å². The smallest absolute Gasteiger partial charge is 0.255 e. The molecule has 0 heterocycles. The maximum absolute atomic E-state index is 12.4. The van der Waals surface area contributed by atoms with E-state index in [4.69, 9.17) is 0 Å². The Bertz CT molecular complexity index is 872. The maximum Gasteiger partial charge on any atom is 0.255 e. The third-order valence-electron chi connectivity index (χ3n) is 4.13. The Labute approximate surface area is 149 Å². The van der Waals surface area contributed by atoms with Gasteiger partial charge in [0, 0.05) is 18.3 Å². The molecule has 0 spiro atoms. The van der Waals surface area contributed by atoms with Gasteiger partial charge in [-0.25, -0.2) is 8.42 Å². The molecule has 0 saturated carbocycles. The number of hydrogen-bond acceptors (Lipinski definition) is 3. The summed E-state index contributed by atoms with van der Waals surface area (Å²) in [6.45, 7) is 6.02. The van der Waals surface area contributed by atoms with E-state index in [1.807, 2.05) is 24.3 Å². The summed E-state index contributed by atoms with van der Waals surface area (Å²) in [5, 5.41) is 2.86. The first-order valence-electron chi connectivity index (χ1n) is 8.05. The summed E-state index contributed by atoms with van der Waals surface area (Å²) >= 11 is 0. The SMILES string of the molecule is Cc1cc(C(=O)Nc2ccc(C(C)C)cc2)ccc1N(C)S(C)(=O)=O. The van der Waals surface area contributed by atoms with Crippen LogP contribution < -0.4 is 9.62 Å². The van der Waals surface area contributed by atoms with Crippen LogP contribution >= 0.6 is 0 Å². The van der Waals surface area contributed by atoms with Crippen LogP contribution in [-0.4, -0.2) is 27.6 Å². The maximum atomic E-state index is 12.4. The Kier molecular flexibility index (Phi) is 5.52. The number of nitrogens with zero attached hydrogens (tertiary/aromatic N) is 1. The second-order valence-electron chi connectivity index (χ2n) is 6.46. The summed E-state index contributed by atoms with van der Waals surface area (Å²) < 4.78 is 24.5. The first kappa shape index (κ1) is 19.0. The largest absolute Gasteiger partial charge is 0.322 e. The van der Waals surface area contributed by atoms with Crippen molar-refractivity contribution in [2.75, 3.05) is 22.9 Å². The van der Waals surface area contributed by atoms with E-state index in [0.717, 1.165) is 17.5 Å². The minimum atomic E-state index is -3.34. The quantitative estimate of drug-likeness (QED) is 0.883. The van der Waals surface area contributed by atoms with Crippen LogP contribution in [0.2, 0.25) is 0 Å². The average Bonchev–Trinajstić information content (AvgIpc) is 2.53. The molecule has 0 aliphatic rings. The van der Waals surface area contributed by atoms with E-state index in [9.17, 15) is 13.2 Å². The van der Waals surface area contributed by atoms with Crippen molar-refractivity contribution in [2.45, 2.75) is 26.7 Å². The third kappa shape index (κ3) is 4.60. The predicted molar refractivity (Wildman–Crippen MR) is 103 cm³/mol. The van der Waals surface area contributed by atoms with Crippen molar-refractivity contribution >= 4 is 27.3 Å². The molecule has 0 aromatic heterocycles. The highest BCUT2D eigenvalue weighted by Crippen LogP contribution is 2.23. The molecule has 25 heavy (non-hydrogen) atoms. The molecule has 134 valence electrons. The van der Waals surface area contributed by atoms with Crippen molar-refractivity contribution in [3.63, 3.8) is 0 Å². The van der Waals surface area contributed by atoms with E-state index in [1.165, 1.54) is 16.9 Å². The monoisotopic (exact) mass is 360 g/mol. The number of amides is 1. The van der Waals surface area contributed by atoms with Crippen molar-refractivity contribution in [1.82, 2.24) is 0 Å². The van der Waals surface area contributed by atoms with E-state index < -0.39 is 10.0 Å². The summed E-state index contributed by atoms with van der Waals surface area (Å²) in [4.78, 5) is 12.4. The number of carbonyl (C=O) groups is 1. The molecule has 0 radical (unpaired) electrons. The van der Waals surface area contributed by atoms with Crippen LogP contribution in [0.4, 0.5) is 11.4 Å². The molecule has 0 saturated heterocycles. The predicted octanol–water partition coefficient (Wildman–Crippen LogP) is 3.77. The molecule has 0 aliphatic heterocycles. The van der Waals surface area contributed by atoms with Crippen molar-refractivity contribution in [1.29, 1.82) is 0 Å². The first-order valence-corrected chi connectivity index (χ1v) is 9.90. The molecule has 2 aromatic rings. The van der Waals surface area contributed by atoms with Crippen LogP contribution in [0.25, 0.3) is 0 Å². The van der Waals surface area contributed by atoms with Crippen LogP contribution in [0.15, 0.2) is 42.5 Å². The highest BCUT2D eigenvalue weighted by atomic mass is 32.2. The number of carbonyl (C=O) groups excluding carboxylic acids is 1. The van der Waals surface area contributed by atoms with E-state index in [2.05, 4.69) is 19.2 Å². The topological polar surface area (TPSA) is 66.5 Å². The van der Waals surface area contributed by atoms with Gasteiger partial charge in [-0.1, -0.05) is 26.0 Å². The highest BCUT2D eigenvalue weighted by Gasteiger charge is 2.16. The lowest BCUT2D eigenvalue weighted by Crippen LogP contribution is -2.25. The number of rotatable bonds is 5. The third-order valence-corrected chi connectivity index (χ3v) is 5.32. The standard InChI is InChI=1S/C19H24N2O3S/c1-13(2)15-6-9-17(10-7-15)20-19(22)16-8-11-18(14(3)12-16)21(4)25(5,23)24/h6-13H,1-5H3,(H,20,22). The van der Waals surface area contributed by atoms with E-state index in [0.29, 0.717) is 17.2 Å². The molecule has 2 rings (SSSR count). The van der Waals surface area contributed by atoms with Crippen LogP contribution in [0.1, 0.15) is 41.3 Å². The summed E-state index contributed by atoms with van der Waals surface area (Å²) in [5.74, 6) is 0.209. The summed E-state index contributed by atoms with van der Waals surface area (Å²) in [6.07, 6.45) is 1.15. The molecule has 5 nitrogen and oxygen atoms in total. The van der Waals surface area contributed by atoms with Crippen molar-refractivity contribution in [3.8, 4) is 0 Å². The average molecular weight is 360 g/mol. The van der Waals surface area contributed by atoms with E-state index >= 15 is 0 Å². The molecular weight excluding hydrogens is 336 g/mol. The fraction of sp³-hybridized carbons (Fsp3) is 0.316. The Hall–Kier alpha value is -2.34. The van der Waals surface area contributed by atoms with Crippen molar-refractivity contribution in [3.05, 3.63) is 59.2 Å². The second kappa shape index (κ2) is 7.27. The second-order valence-corrected chi connectivity index (χ2v) is 8.48. The zero-order valence-corrected chi connectivity index (χ0v) is 16.0. The Balaban J connectivity index is 2.18. The molecule has 0 fully saturated rings. The van der Waals surface area contributed by atoms with E-state index in [1.54, 1.807) is 25.1 Å². The van der Waals surface area contributed by atoms with Crippen molar-refractivity contribution in [2.24, 2.45) is 0 Å². The zero-order chi connectivity index (χ0) is 18.8. The van der Waals surface area contributed by atoms with Gasteiger partial charge in [0.2, 0.25) is 10.0 Å². The molecule has 6 heteroatoms. The van der Waals surface area contributed by atoms with Gasteiger partial charge in [-0.2, -0.15) is 0 Å². The minimum Gasteiger partial charge on any atom is -0.322 e. The Morgan fingerprint density at radius 2 is 1.68 bits per heavy atom. The molecule has 1 N–H and O–H groups in total. The van der Waals surface area contributed by atoms with Gasteiger partial charge in [-0.05, 0) is 54.3 Å². The van der Waals surface area contributed by atoms with Gasteiger partial charge in [-0.3, -0.25) is 9.10 Å². The lowest BCUT2D eigenvalue weighted by atomic mass is 10.0. The van der Waals surface area contributed by atoms with Gasteiger partial charge in [0.25, 0.3) is 5.91 Å². The number of benzene rings is 2. The fourth-order valence-corrected chi connectivity index (χ4v) is 3.05. The number of aryl methyl sites for hydroxylation is 1. The van der Waals surface area contributed by atoms with Crippen LogP contribution in [0.5, 0.6) is 0 Å².